The van der Waals surface area contributed by atoms with Gasteiger partial charge >= 0.3 is 0 Å². The average Bonchev–Trinajstić information content (AvgIpc) is 2.68. The Balaban J connectivity index is 1.69. The number of nitrogens with two attached hydrogens (primary N) is 1. The first-order valence-electron chi connectivity index (χ1n) is 9.08. The summed E-state index contributed by atoms with van der Waals surface area (Å²) in [7, 11) is 1.70. The number of rotatable bonds is 6. The molecule has 2 N–H and O–H groups in total. The Morgan fingerprint density at radius 1 is 1.00 bits per heavy atom. The van der Waals surface area contributed by atoms with Gasteiger partial charge in [0.05, 0.1) is 18.7 Å². The van der Waals surface area contributed by atoms with Gasteiger partial charge < -0.3 is 15.4 Å². The van der Waals surface area contributed by atoms with Gasteiger partial charge in [0.1, 0.15) is 5.75 Å². The highest BCUT2D eigenvalue weighted by molar-refractivity contribution is 5.82. The highest BCUT2D eigenvalue weighted by Gasteiger charge is 2.31. The summed E-state index contributed by atoms with van der Waals surface area (Å²) < 4.78 is 5.48. The van der Waals surface area contributed by atoms with Crippen LogP contribution in [-0.4, -0.2) is 50.1 Å². The number of methoxy groups -OCH3 is 1. The van der Waals surface area contributed by atoms with E-state index >= 15 is 0 Å². The molecule has 0 saturated carbocycles. The number of ether oxygens (including phenoxy) is 1. The fourth-order valence-electron chi connectivity index (χ4n) is 3.81. The third kappa shape index (κ3) is 3.83. The summed E-state index contributed by atoms with van der Waals surface area (Å²) in [6.45, 7) is 5.66. The van der Waals surface area contributed by atoms with Crippen LogP contribution in [-0.2, 0) is 4.79 Å². The molecule has 0 aliphatic carbocycles. The number of carbonyl (C=O) groups is 1. The molecule has 2 unspecified atom stereocenters. The number of hydrogen-bond acceptors (Lipinski definition) is 4. The summed E-state index contributed by atoms with van der Waals surface area (Å²) in [4.78, 5) is 16.8. The number of nitrogens with zero attached hydrogens (tertiary/aromatic N) is 2. The minimum atomic E-state index is -0.297. The molecule has 1 aliphatic rings. The molecular weight excluding hydrogens is 326 g/mol. The van der Waals surface area contributed by atoms with E-state index in [1.807, 2.05) is 48.5 Å². The number of para-hydroxylation sites is 2. The molecule has 0 radical (unpaired) electrons. The maximum atomic E-state index is 12.1. The molecule has 138 valence electrons. The summed E-state index contributed by atoms with van der Waals surface area (Å²) in [6.07, 6.45) is 0. The van der Waals surface area contributed by atoms with Crippen molar-refractivity contribution in [2.75, 3.05) is 38.2 Å². The lowest BCUT2D eigenvalue weighted by Gasteiger charge is -2.41. The van der Waals surface area contributed by atoms with Crippen LogP contribution in [0.1, 0.15) is 18.4 Å². The van der Waals surface area contributed by atoms with Crippen LogP contribution < -0.4 is 15.4 Å². The van der Waals surface area contributed by atoms with Gasteiger partial charge in [0, 0.05) is 32.2 Å². The summed E-state index contributed by atoms with van der Waals surface area (Å²) >= 11 is 0. The minimum absolute atomic E-state index is 0.0646. The summed E-state index contributed by atoms with van der Waals surface area (Å²) in [5, 5.41) is 0. The van der Waals surface area contributed by atoms with Gasteiger partial charge in [-0.3, -0.25) is 9.69 Å². The largest absolute Gasteiger partial charge is 0.495 e. The van der Waals surface area contributed by atoms with E-state index in [2.05, 4.69) is 22.8 Å². The topological polar surface area (TPSA) is 58.8 Å². The first-order chi connectivity index (χ1) is 12.6. The number of anilines is 1. The monoisotopic (exact) mass is 353 g/mol. The van der Waals surface area contributed by atoms with Crippen molar-refractivity contribution in [2.24, 2.45) is 5.73 Å². The number of carbonyl (C=O) groups excluding carboxylic acids is 1. The van der Waals surface area contributed by atoms with Crippen molar-refractivity contribution in [1.82, 2.24) is 4.90 Å². The van der Waals surface area contributed by atoms with Gasteiger partial charge in [0.25, 0.3) is 0 Å². The molecule has 5 nitrogen and oxygen atoms in total. The molecule has 2 aromatic carbocycles. The average molecular weight is 353 g/mol. The van der Waals surface area contributed by atoms with Crippen molar-refractivity contribution >= 4 is 11.6 Å². The summed E-state index contributed by atoms with van der Waals surface area (Å²) in [5.41, 5.74) is 7.85. The Hall–Kier alpha value is -2.53. The lowest BCUT2D eigenvalue weighted by molar-refractivity contribution is -0.120. The van der Waals surface area contributed by atoms with Crippen LogP contribution in [0, 0.1) is 0 Å². The zero-order valence-electron chi connectivity index (χ0n) is 15.5. The van der Waals surface area contributed by atoms with E-state index in [0.29, 0.717) is 0 Å². The number of primary amides is 1. The molecule has 1 aliphatic heterocycles. The normalized spacial score (nSPS) is 17.5. The van der Waals surface area contributed by atoms with Gasteiger partial charge in [0.15, 0.2) is 0 Å². The van der Waals surface area contributed by atoms with Crippen LogP contribution >= 0.6 is 0 Å². The number of hydrogen-bond donors (Lipinski definition) is 1. The molecule has 2 aromatic rings. The third-order valence-corrected chi connectivity index (χ3v) is 5.26. The van der Waals surface area contributed by atoms with Gasteiger partial charge in [0.2, 0.25) is 5.91 Å². The van der Waals surface area contributed by atoms with E-state index in [1.54, 1.807) is 7.11 Å². The molecule has 1 heterocycles. The maximum Gasteiger partial charge on any atom is 0.226 e. The molecule has 0 bridgehead atoms. The van der Waals surface area contributed by atoms with Crippen LogP contribution in [0.2, 0.25) is 0 Å². The molecule has 0 spiro atoms. The maximum absolute atomic E-state index is 12.1. The van der Waals surface area contributed by atoms with Crippen LogP contribution in [0.25, 0.3) is 0 Å². The van der Waals surface area contributed by atoms with E-state index in [4.69, 9.17) is 10.5 Å². The third-order valence-electron chi connectivity index (χ3n) is 5.26. The van der Waals surface area contributed by atoms with Crippen molar-refractivity contribution in [1.29, 1.82) is 0 Å². The first-order valence-corrected chi connectivity index (χ1v) is 9.08. The molecule has 1 amide bonds. The second kappa shape index (κ2) is 8.23. The van der Waals surface area contributed by atoms with E-state index in [1.165, 1.54) is 0 Å². The lowest BCUT2D eigenvalue weighted by Crippen LogP contribution is -2.52. The van der Waals surface area contributed by atoms with Gasteiger partial charge in [-0.1, -0.05) is 42.5 Å². The molecule has 5 heteroatoms. The quantitative estimate of drug-likeness (QED) is 0.867. The van der Waals surface area contributed by atoms with E-state index in [9.17, 15) is 4.79 Å². The Bertz CT molecular complexity index is 727. The fourth-order valence-corrected chi connectivity index (χ4v) is 3.81. The van der Waals surface area contributed by atoms with Crippen molar-refractivity contribution in [3.05, 3.63) is 60.2 Å². The predicted octanol–water partition coefficient (Wildman–Crippen LogP) is 2.47. The molecule has 1 fully saturated rings. The summed E-state index contributed by atoms with van der Waals surface area (Å²) in [5.74, 6) is 0.332. The van der Waals surface area contributed by atoms with Crippen LogP contribution in [0.4, 0.5) is 5.69 Å². The highest BCUT2D eigenvalue weighted by Crippen LogP contribution is 2.30. The first kappa shape index (κ1) is 18.3. The van der Waals surface area contributed by atoms with Gasteiger partial charge in [-0.2, -0.15) is 0 Å². The second-order valence-corrected chi connectivity index (χ2v) is 6.73. The van der Waals surface area contributed by atoms with Gasteiger partial charge in [-0.25, -0.2) is 0 Å². The molecule has 3 rings (SSSR count). The van der Waals surface area contributed by atoms with Crippen LogP contribution in [0.3, 0.4) is 0 Å². The SMILES string of the molecule is COc1ccccc1N1CCN(C(C)C(C(N)=O)c2ccccc2)CC1. The van der Waals surface area contributed by atoms with E-state index < -0.39 is 0 Å². The molecular formula is C21H27N3O2. The van der Waals surface area contributed by atoms with Crippen LogP contribution in [0.5, 0.6) is 5.75 Å². The fraction of sp³-hybridized carbons (Fsp3) is 0.381. The molecule has 26 heavy (non-hydrogen) atoms. The number of benzene rings is 2. The smallest absolute Gasteiger partial charge is 0.226 e. The summed E-state index contributed by atoms with van der Waals surface area (Å²) in [6, 6.07) is 18.0. The van der Waals surface area contributed by atoms with Crippen molar-refractivity contribution < 1.29 is 9.53 Å². The minimum Gasteiger partial charge on any atom is -0.495 e. The second-order valence-electron chi connectivity index (χ2n) is 6.73. The molecule has 2 atom stereocenters. The molecule has 1 saturated heterocycles. The predicted molar refractivity (Wildman–Crippen MR) is 105 cm³/mol. The highest BCUT2D eigenvalue weighted by atomic mass is 16.5. The van der Waals surface area contributed by atoms with E-state index in [-0.39, 0.29) is 17.9 Å². The number of amides is 1. The lowest BCUT2D eigenvalue weighted by atomic mass is 9.90. The Morgan fingerprint density at radius 2 is 1.62 bits per heavy atom. The standard InChI is InChI=1S/C21H27N3O2/c1-16(20(21(22)25)17-8-4-3-5-9-17)23-12-14-24(15-13-23)18-10-6-7-11-19(18)26-2/h3-11,16,20H,12-15H2,1-2H3,(H2,22,25). The van der Waals surface area contributed by atoms with Gasteiger partial charge in [-0.15, -0.1) is 0 Å². The van der Waals surface area contributed by atoms with Crippen molar-refractivity contribution in [3.63, 3.8) is 0 Å². The number of piperazine rings is 1. The Kier molecular flexibility index (Phi) is 5.78. The van der Waals surface area contributed by atoms with Crippen molar-refractivity contribution in [2.45, 2.75) is 18.9 Å². The van der Waals surface area contributed by atoms with Crippen molar-refractivity contribution in [3.8, 4) is 5.75 Å². The zero-order chi connectivity index (χ0) is 18.5. The zero-order valence-corrected chi connectivity index (χ0v) is 15.5. The Labute approximate surface area is 155 Å². The molecule has 0 aromatic heterocycles. The van der Waals surface area contributed by atoms with E-state index in [0.717, 1.165) is 43.2 Å². The van der Waals surface area contributed by atoms with Crippen LogP contribution in [0.15, 0.2) is 54.6 Å². The van der Waals surface area contributed by atoms with Gasteiger partial charge in [-0.05, 0) is 24.6 Å². The Morgan fingerprint density at radius 3 is 2.23 bits per heavy atom.